The molecule has 104 valence electrons. The highest BCUT2D eigenvalue weighted by Gasteiger charge is 2.18. The minimum Gasteiger partial charge on any atom is -0.593 e. The van der Waals surface area contributed by atoms with Crippen molar-refractivity contribution >= 4 is 15.7 Å². The van der Waals surface area contributed by atoms with Gasteiger partial charge in [0.05, 0.1) is 4.90 Å². The van der Waals surface area contributed by atoms with E-state index >= 15 is 0 Å². The fourth-order valence-corrected chi connectivity index (χ4v) is 2.44. The number of aryl methyl sites for hydroxylation is 2. The molecule has 0 saturated carbocycles. The SMILES string of the molecule is Cc1ccc(/[N+]([O-])=N\S(=O)(=O)c2ccc(C)cc2)cc1. The quantitative estimate of drug-likeness (QED) is 0.494. The summed E-state index contributed by atoms with van der Waals surface area (Å²) in [6.45, 7) is 3.72. The number of sulfonamides is 1. The second-order valence-corrected chi connectivity index (χ2v) is 6.06. The summed E-state index contributed by atoms with van der Waals surface area (Å²) in [5.74, 6) is 0. The van der Waals surface area contributed by atoms with Crippen LogP contribution in [0.4, 0.5) is 5.69 Å². The molecule has 0 aliphatic rings. The van der Waals surface area contributed by atoms with Gasteiger partial charge in [0.15, 0.2) is 0 Å². The average molecular weight is 290 g/mol. The van der Waals surface area contributed by atoms with Gasteiger partial charge < -0.3 is 5.21 Å². The summed E-state index contributed by atoms with van der Waals surface area (Å²) in [6.07, 6.45) is 0. The van der Waals surface area contributed by atoms with E-state index in [0.29, 0.717) is 0 Å². The van der Waals surface area contributed by atoms with E-state index in [9.17, 15) is 13.6 Å². The Kier molecular flexibility index (Phi) is 3.85. The summed E-state index contributed by atoms with van der Waals surface area (Å²) in [6, 6.07) is 12.6. The van der Waals surface area contributed by atoms with Crippen LogP contribution in [0.15, 0.2) is 57.9 Å². The van der Waals surface area contributed by atoms with Crippen molar-refractivity contribution < 1.29 is 13.3 Å². The molecule has 0 aliphatic carbocycles. The average Bonchev–Trinajstić information content (AvgIpc) is 2.39. The summed E-state index contributed by atoms with van der Waals surface area (Å²) >= 11 is 0. The second-order valence-electron chi connectivity index (χ2n) is 4.48. The molecule has 0 amide bonds. The topological polar surface area (TPSA) is 72.6 Å². The third-order valence-electron chi connectivity index (χ3n) is 2.76. The van der Waals surface area contributed by atoms with E-state index < -0.39 is 10.0 Å². The third kappa shape index (κ3) is 3.21. The highest BCUT2D eigenvalue weighted by Crippen LogP contribution is 2.17. The van der Waals surface area contributed by atoms with E-state index in [2.05, 4.69) is 4.52 Å². The van der Waals surface area contributed by atoms with Crippen molar-refractivity contribution in [1.29, 1.82) is 0 Å². The van der Waals surface area contributed by atoms with Crippen LogP contribution in [0, 0.1) is 19.1 Å². The van der Waals surface area contributed by atoms with Crippen molar-refractivity contribution in [3.05, 3.63) is 64.9 Å². The molecular weight excluding hydrogens is 276 g/mol. The molecule has 20 heavy (non-hydrogen) atoms. The number of nitrogens with zero attached hydrogens (tertiary/aromatic N) is 2. The first-order chi connectivity index (χ1) is 9.38. The van der Waals surface area contributed by atoms with Gasteiger partial charge in [0.25, 0.3) is 0 Å². The molecule has 0 bridgehead atoms. The third-order valence-corrected chi connectivity index (χ3v) is 3.99. The van der Waals surface area contributed by atoms with Crippen molar-refractivity contribution in [3.8, 4) is 0 Å². The largest absolute Gasteiger partial charge is 0.593 e. The highest BCUT2D eigenvalue weighted by molar-refractivity contribution is 7.89. The fraction of sp³-hybridized carbons (Fsp3) is 0.143. The molecular formula is C14H14N2O3S. The molecule has 0 heterocycles. The van der Waals surface area contributed by atoms with Gasteiger partial charge in [-0.05, 0) is 30.8 Å². The molecule has 0 atom stereocenters. The maximum Gasteiger partial charge on any atom is 0.337 e. The Labute approximate surface area is 117 Å². The van der Waals surface area contributed by atoms with Crippen LogP contribution in [-0.2, 0) is 10.0 Å². The summed E-state index contributed by atoms with van der Waals surface area (Å²) < 4.78 is 27.2. The molecule has 0 spiro atoms. The first-order valence-electron chi connectivity index (χ1n) is 5.97. The molecule has 0 aliphatic heterocycles. The lowest BCUT2D eigenvalue weighted by atomic mass is 10.2. The zero-order chi connectivity index (χ0) is 14.8. The molecule has 0 N–H and O–H groups in total. The molecule has 2 aromatic rings. The Morgan fingerprint density at radius 3 is 1.85 bits per heavy atom. The van der Waals surface area contributed by atoms with Crippen molar-refractivity contribution in [3.63, 3.8) is 0 Å². The number of hydrogen-bond donors (Lipinski definition) is 0. The number of hydrogen-bond acceptors (Lipinski definition) is 3. The van der Waals surface area contributed by atoms with Gasteiger partial charge in [-0.3, -0.25) is 0 Å². The number of benzene rings is 2. The van der Waals surface area contributed by atoms with E-state index in [0.717, 1.165) is 11.1 Å². The highest BCUT2D eigenvalue weighted by atomic mass is 32.2. The predicted molar refractivity (Wildman–Crippen MR) is 75.3 cm³/mol. The van der Waals surface area contributed by atoms with Gasteiger partial charge in [-0.15, -0.1) is 0 Å². The fourth-order valence-electron chi connectivity index (χ4n) is 1.57. The van der Waals surface area contributed by atoms with Crippen molar-refractivity contribution in [2.24, 2.45) is 4.52 Å². The van der Waals surface area contributed by atoms with Crippen LogP contribution in [0.3, 0.4) is 0 Å². The maximum absolute atomic E-state index is 12.0. The van der Waals surface area contributed by atoms with Crippen LogP contribution in [0.1, 0.15) is 11.1 Å². The van der Waals surface area contributed by atoms with Gasteiger partial charge in [-0.1, -0.05) is 35.4 Å². The Morgan fingerprint density at radius 1 is 0.900 bits per heavy atom. The molecule has 2 aromatic carbocycles. The molecule has 2 rings (SSSR count). The Hall–Kier alpha value is -2.21. The zero-order valence-electron chi connectivity index (χ0n) is 11.1. The molecule has 5 nitrogen and oxygen atoms in total. The van der Waals surface area contributed by atoms with Crippen LogP contribution in [-0.4, -0.2) is 13.3 Å². The molecule has 6 heteroatoms. The Bertz CT molecular complexity index is 733. The zero-order valence-corrected chi connectivity index (χ0v) is 12.0. The van der Waals surface area contributed by atoms with Crippen molar-refractivity contribution in [2.45, 2.75) is 18.7 Å². The minimum absolute atomic E-state index is 0.00365. The van der Waals surface area contributed by atoms with E-state index in [1.54, 1.807) is 24.3 Å². The van der Waals surface area contributed by atoms with Gasteiger partial charge in [-0.2, -0.15) is 8.42 Å². The van der Waals surface area contributed by atoms with Gasteiger partial charge >= 0.3 is 10.0 Å². The summed E-state index contributed by atoms with van der Waals surface area (Å²) in [5, 5.41) is 11.8. The molecule has 0 unspecified atom stereocenters. The lowest BCUT2D eigenvalue weighted by molar-refractivity contribution is -0.430. The van der Waals surface area contributed by atoms with Crippen molar-refractivity contribution in [1.82, 2.24) is 0 Å². The van der Waals surface area contributed by atoms with E-state index in [1.807, 2.05) is 13.8 Å². The lowest BCUT2D eigenvalue weighted by Crippen LogP contribution is -2.02. The van der Waals surface area contributed by atoms with Crippen LogP contribution >= 0.6 is 0 Å². The normalized spacial score (nSPS) is 12.4. The minimum atomic E-state index is -4.00. The van der Waals surface area contributed by atoms with Crippen LogP contribution in [0.25, 0.3) is 0 Å². The lowest BCUT2D eigenvalue weighted by Gasteiger charge is -2.01. The standard InChI is InChI=1S/C14H14N2O3S/c1-11-3-7-13(8-4-11)16(17)15-20(18,19)14-9-5-12(2)6-10-14/h3-10H,1-2H3/b16-15+. The van der Waals surface area contributed by atoms with E-state index in [-0.39, 0.29) is 15.4 Å². The predicted octanol–water partition coefficient (Wildman–Crippen LogP) is 3.29. The number of rotatable bonds is 3. The first-order valence-corrected chi connectivity index (χ1v) is 7.41. The smallest absolute Gasteiger partial charge is 0.337 e. The molecule has 0 saturated heterocycles. The van der Waals surface area contributed by atoms with Gasteiger partial charge in [0.1, 0.15) is 4.52 Å². The van der Waals surface area contributed by atoms with Gasteiger partial charge in [0, 0.05) is 12.1 Å². The molecule has 0 radical (unpaired) electrons. The van der Waals surface area contributed by atoms with Crippen molar-refractivity contribution in [2.75, 3.05) is 0 Å². The van der Waals surface area contributed by atoms with Gasteiger partial charge in [-0.25, -0.2) is 0 Å². The van der Waals surface area contributed by atoms with E-state index in [1.165, 1.54) is 24.3 Å². The Morgan fingerprint density at radius 2 is 1.35 bits per heavy atom. The Balaban J connectivity index is 2.37. The van der Waals surface area contributed by atoms with Crippen LogP contribution in [0.5, 0.6) is 0 Å². The molecule has 0 aromatic heterocycles. The maximum atomic E-state index is 12.0. The summed E-state index contributed by atoms with van der Waals surface area (Å²) in [7, 11) is -4.00. The summed E-state index contributed by atoms with van der Waals surface area (Å²) in [5.41, 5.74) is 2.08. The molecule has 0 fully saturated rings. The monoisotopic (exact) mass is 290 g/mol. The van der Waals surface area contributed by atoms with Crippen LogP contribution < -0.4 is 0 Å². The summed E-state index contributed by atoms with van der Waals surface area (Å²) in [4.78, 5) is 0.116. The van der Waals surface area contributed by atoms with Crippen LogP contribution in [0.2, 0.25) is 0 Å². The van der Waals surface area contributed by atoms with E-state index in [4.69, 9.17) is 0 Å². The second kappa shape index (κ2) is 5.42. The van der Waals surface area contributed by atoms with Gasteiger partial charge in [0.2, 0.25) is 5.69 Å². The first kappa shape index (κ1) is 14.2.